The summed E-state index contributed by atoms with van der Waals surface area (Å²) in [6, 6.07) is 13.7. The van der Waals surface area contributed by atoms with Gasteiger partial charge in [0.25, 0.3) is 0 Å². The van der Waals surface area contributed by atoms with Crippen LogP contribution >= 0.6 is 0 Å². The number of halogens is 1. The predicted octanol–water partition coefficient (Wildman–Crippen LogP) is 2.02. The van der Waals surface area contributed by atoms with E-state index < -0.39 is 21.5 Å². The highest BCUT2D eigenvalue weighted by Crippen LogP contribution is 2.11. The molecule has 1 heterocycles. The van der Waals surface area contributed by atoms with Gasteiger partial charge in [-0.25, -0.2) is 22.3 Å². The molecule has 0 saturated carbocycles. The van der Waals surface area contributed by atoms with Gasteiger partial charge in [0.1, 0.15) is 5.82 Å². The summed E-state index contributed by atoms with van der Waals surface area (Å²) in [5.74, 6) is -0.416. The first-order valence-corrected chi connectivity index (χ1v) is 9.99. The molecule has 2 N–H and O–H groups in total. The number of hydrogen-bond acceptors (Lipinski definition) is 3. The fourth-order valence-electron chi connectivity index (χ4n) is 2.85. The number of aromatic nitrogens is 2. The van der Waals surface area contributed by atoms with Crippen molar-refractivity contribution in [1.82, 2.24) is 14.3 Å². The first kappa shape index (κ1) is 18.3. The molecule has 3 aromatic rings. The van der Waals surface area contributed by atoms with Gasteiger partial charge in [0.2, 0.25) is 10.0 Å². The van der Waals surface area contributed by atoms with Gasteiger partial charge in [0.15, 0.2) is 0 Å². The fourth-order valence-corrected chi connectivity index (χ4v) is 3.92. The van der Waals surface area contributed by atoms with Crippen molar-refractivity contribution >= 4 is 21.1 Å². The van der Waals surface area contributed by atoms with Crippen LogP contribution in [0.15, 0.2) is 53.3 Å². The zero-order valence-corrected chi connectivity index (χ0v) is 14.9. The van der Waals surface area contributed by atoms with Crippen molar-refractivity contribution in [3.05, 3.63) is 70.4 Å². The van der Waals surface area contributed by atoms with Gasteiger partial charge in [-0.2, -0.15) is 0 Å². The number of H-pyrrole nitrogens is 1. The third kappa shape index (κ3) is 4.59. The maximum Gasteiger partial charge on any atom is 0.326 e. The lowest BCUT2D eigenvalue weighted by atomic mass is 10.1. The van der Waals surface area contributed by atoms with Crippen molar-refractivity contribution in [3.63, 3.8) is 0 Å². The normalized spacial score (nSPS) is 11.9. The zero-order chi connectivity index (χ0) is 18.6. The van der Waals surface area contributed by atoms with Gasteiger partial charge in [-0.15, -0.1) is 0 Å². The molecule has 26 heavy (non-hydrogen) atoms. The lowest BCUT2D eigenvalue weighted by molar-refractivity contribution is 0.570. The molecule has 3 rings (SSSR count). The van der Waals surface area contributed by atoms with Crippen LogP contribution in [0.5, 0.6) is 0 Å². The predicted molar refractivity (Wildman–Crippen MR) is 99.1 cm³/mol. The van der Waals surface area contributed by atoms with Gasteiger partial charge in [-0.1, -0.05) is 30.3 Å². The van der Waals surface area contributed by atoms with Crippen molar-refractivity contribution in [2.45, 2.75) is 19.4 Å². The standard InChI is InChI=1S/C18H20FN3O3S/c19-15-8-9-17-16(13-15)21-18(23)22(17)11-10-20-26(24,25)12-4-7-14-5-2-1-3-6-14/h1-3,5-6,8-9,13,20H,4,7,10-12H2,(H,21,23). The summed E-state index contributed by atoms with van der Waals surface area (Å²) in [6.45, 7) is 0.264. The Labute approximate surface area is 150 Å². The highest BCUT2D eigenvalue weighted by atomic mass is 32.2. The SMILES string of the molecule is O=c1[nH]c2cc(F)ccc2n1CCNS(=O)(=O)CCCc1ccccc1. The van der Waals surface area contributed by atoms with E-state index in [1.165, 1.54) is 22.8 Å². The average Bonchev–Trinajstić information content (AvgIpc) is 2.90. The van der Waals surface area contributed by atoms with Gasteiger partial charge in [0, 0.05) is 13.1 Å². The van der Waals surface area contributed by atoms with E-state index in [1.807, 2.05) is 30.3 Å². The van der Waals surface area contributed by atoms with Crippen LogP contribution in [0.4, 0.5) is 4.39 Å². The Bertz CT molecular complexity index is 1040. The Hall–Kier alpha value is -2.45. The van der Waals surface area contributed by atoms with Crippen LogP contribution in [0.3, 0.4) is 0 Å². The van der Waals surface area contributed by atoms with Gasteiger partial charge < -0.3 is 4.98 Å². The minimum absolute atomic E-state index is 0.0237. The summed E-state index contributed by atoms with van der Waals surface area (Å²) in [5.41, 5.74) is 1.63. The number of imidazole rings is 1. The lowest BCUT2D eigenvalue weighted by Gasteiger charge is -2.08. The van der Waals surface area contributed by atoms with E-state index in [9.17, 15) is 17.6 Å². The molecule has 0 radical (unpaired) electrons. The number of fused-ring (bicyclic) bond motifs is 1. The Balaban J connectivity index is 1.54. The fraction of sp³-hybridized carbons (Fsp3) is 0.278. The van der Waals surface area contributed by atoms with Crippen LogP contribution in [0, 0.1) is 5.82 Å². The second-order valence-electron chi connectivity index (χ2n) is 6.05. The largest absolute Gasteiger partial charge is 0.326 e. The van der Waals surface area contributed by atoms with Gasteiger partial charge in [-0.3, -0.25) is 4.57 Å². The van der Waals surface area contributed by atoms with Crippen LogP contribution in [0.25, 0.3) is 11.0 Å². The first-order valence-electron chi connectivity index (χ1n) is 8.34. The molecule has 0 aliphatic rings. The molecule has 138 valence electrons. The highest BCUT2D eigenvalue weighted by Gasteiger charge is 2.11. The average molecular weight is 377 g/mol. The summed E-state index contributed by atoms with van der Waals surface area (Å²) in [7, 11) is -3.41. The van der Waals surface area contributed by atoms with Crippen molar-refractivity contribution in [2.24, 2.45) is 0 Å². The summed E-state index contributed by atoms with van der Waals surface area (Å²) in [5, 5.41) is 0. The summed E-state index contributed by atoms with van der Waals surface area (Å²) in [4.78, 5) is 14.5. The van der Waals surface area contributed by atoms with Gasteiger partial charge >= 0.3 is 5.69 Å². The van der Waals surface area contributed by atoms with Gasteiger partial charge in [0.05, 0.1) is 16.8 Å². The third-order valence-corrected chi connectivity index (χ3v) is 5.58. The Morgan fingerprint density at radius 1 is 1.12 bits per heavy atom. The van der Waals surface area contributed by atoms with E-state index in [2.05, 4.69) is 9.71 Å². The smallest absolute Gasteiger partial charge is 0.305 e. The number of aromatic amines is 1. The summed E-state index contributed by atoms with van der Waals surface area (Å²) < 4.78 is 41.3. The molecule has 0 aliphatic carbocycles. The molecule has 0 atom stereocenters. The van der Waals surface area contributed by atoms with Gasteiger partial charge in [-0.05, 0) is 36.6 Å². The molecule has 0 saturated heterocycles. The quantitative estimate of drug-likeness (QED) is 0.630. The Morgan fingerprint density at radius 3 is 2.65 bits per heavy atom. The number of rotatable bonds is 8. The van der Waals surface area contributed by atoms with Crippen molar-refractivity contribution in [2.75, 3.05) is 12.3 Å². The molecule has 2 aromatic carbocycles. The van der Waals surface area contributed by atoms with E-state index in [0.29, 0.717) is 23.9 Å². The van der Waals surface area contributed by atoms with Crippen LogP contribution < -0.4 is 10.4 Å². The number of benzene rings is 2. The van der Waals surface area contributed by atoms with E-state index >= 15 is 0 Å². The molecule has 1 aromatic heterocycles. The van der Waals surface area contributed by atoms with Crippen molar-refractivity contribution < 1.29 is 12.8 Å². The van der Waals surface area contributed by atoms with Crippen molar-refractivity contribution in [1.29, 1.82) is 0 Å². The maximum atomic E-state index is 13.2. The molecule has 0 amide bonds. The molecular weight excluding hydrogens is 357 g/mol. The maximum absolute atomic E-state index is 13.2. The number of nitrogens with zero attached hydrogens (tertiary/aromatic N) is 1. The number of hydrogen-bond donors (Lipinski definition) is 2. The Kier molecular flexibility index (Phi) is 5.53. The Morgan fingerprint density at radius 2 is 1.88 bits per heavy atom. The van der Waals surface area contributed by atoms with Crippen LogP contribution in [0.2, 0.25) is 0 Å². The monoisotopic (exact) mass is 377 g/mol. The molecule has 6 nitrogen and oxygen atoms in total. The second-order valence-corrected chi connectivity index (χ2v) is 7.97. The topological polar surface area (TPSA) is 84.0 Å². The number of sulfonamides is 1. The van der Waals surface area contributed by atoms with Crippen molar-refractivity contribution in [3.8, 4) is 0 Å². The zero-order valence-electron chi connectivity index (χ0n) is 14.1. The third-order valence-electron chi connectivity index (χ3n) is 4.11. The summed E-state index contributed by atoms with van der Waals surface area (Å²) in [6.07, 6.45) is 1.21. The van der Waals surface area contributed by atoms with E-state index in [4.69, 9.17) is 0 Å². The molecule has 8 heteroatoms. The molecule has 0 spiro atoms. The number of aryl methyl sites for hydroxylation is 1. The van der Waals surface area contributed by atoms with Crippen LogP contribution in [-0.2, 0) is 23.0 Å². The van der Waals surface area contributed by atoms with E-state index in [1.54, 1.807) is 0 Å². The minimum atomic E-state index is -3.41. The molecule has 0 aliphatic heterocycles. The number of nitrogens with one attached hydrogen (secondary N) is 2. The van der Waals surface area contributed by atoms with E-state index in [-0.39, 0.29) is 18.8 Å². The van der Waals surface area contributed by atoms with E-state index in [0.717, 1.165) is 5.56 Å². The molecule has 0 unspecified atom stereocenters. The lowest BCUT2D eigenvalue weighted by Crippen LogP contribution is -2.31. The highest BCUT2D eigenvalue weighted by molar-refractivity contribution is 7.89. The molecule has 0 bridgehead atoms. The minimum Gasteiger partial charge on any atom is -0.305 e. The molecule has 0 fully saturated rings. The molecular formula is C18H20FN3O3S. The second kappa shape index (κ2) is 7.84. The summed E-state index contributed by atoms with van der Waals surface area (Å²) >= 11 is 0. The first-order chi connectivity index (χ1) is 12.4. The van der Waals surface area contributed by atoms with Crippen LogP contribution in [-0.4, -0.2) is 30.3 Å². The van der Waals surface area contributed by atoms with Crippen LogP contribution in [0.1, 0.15) is 12.0 Å².